The molecule has 16 heavy (non-hydrogen) atoms. The molecule has 1 saturated carbocycles. The van der Waals surface area contributed by atoms with Crippen LogP contribution in [0.4, 0.5) is 0 Å². The zero-order chi connectivity index (χ0) is 11.9. The van der Waals surface area contributed by atoms with Crippen molar-refractivity contribution in [2.24, 2.45) is 5.73 Å². The van der Waals surface area contributed by atoms with Crippen LogP contribution in [0.25, 0.3) is 0 Å². The molecule has 1 aromatic heterocycles. The predicted molar refractivity (Wildman–Crippen MR) is 59.3 cm³/mol. The molecule has 0 aliphatic heterocycles. The summed E-state index contributed by atoms with van der Waals surface area (Å²) in [5.41, 5.74) is 6.40. The fourth-order valence-corrected chi connectivity index (χ4v) is 2.10. The van der Waals surface area contributed by atoms with Crippen LogP contribution < -0.4 is 5.73 Å². The summed E-state index contributed by atoms with van der Waals surface area (Å²) in [5.74, 6) is 1.07. The molecule has 1 heterocycles. The first kappa shape index (κ1) is 11.2. The Balaban J connectivity index is 2.35. The van der Waals surface area contributed by atoms with Crippen LogP contribution in [0.3, 0.4) is 0 Å². The van der Waals surface area contributed by atoms with E-state index in [1.54, 1.807) is 13.0 Å². The van der Waals surface area contributed by atoms with Gasteiger partial charge in [-0.25, -0.2) is 4.79 Å². The Morgan fingerprint density at radius 2 is 2.25 bits per heavy atom. The molecule has 1 unspecified atom stereocenters. The van der Waals surface area contributed by atoms with Gasteiger partial charge in [-0.3, -0.25) is 0 Å². The Morgan fingerprint density at radius 1 is 1.62 bits per heavy atom. The van der Waals surface area contributed by atoms with Crippen molar-refractivity contribution in [3.63, 3.8) is 0 Å². The van der Waals surface area contributed by atoms with Crippen LogP contribution in [-0.2, 0) is 10.2 Å². The molecule has 0 bridgehead atoms. The van der Waals surface area contributed by atoms with Gasteiger partial charge in [0.1, 0.15) is 17.1 Å². The van der Waals surface area contributed by atoms with E-state index in [-0.39, 0.29) is 17.4 Å². The van der Waals surface area contributed by atoms with Crippen molar-refractivity contribution < 1.29 is 13.9 Å². The van der Waals surface area contributed by atoms with Gasteiger partial charge in [0, 0.05) is 11.5 Å². The van der Waals surface area contributed by atoms with Gasteiger partial charge in [0.25, 0.3) is 0 Å². The van der Waals surface area contributed by atoms with Crippen molar-refractivity contribution >= 4 is 5.97 Å². The number of esters is 1. The molecule has 1 aliphatic rings. The quantitative estimate of drug-likeness (QED) is 0.793. The Hall–Kier alpha value is -1.29. The molecular formula is C12H17NO3. The lowest BCUT2D eigenvalue weighted by molar-refractivity contribution is 0.0599. The normalized spacial score (nSPS) is 19.2. The van der Waals surface area contributed by atoms with Crippen LogP contribution in [0.1, 0.15) is 41.6 Å². The van der Waals surface area contributed by atoms with E-state index in [9.17, 15) is 4.79 Å². The SMILES string of the molecule is COC(=O)c1cc(C2(C(C)N)CC2)oc1C. The fraction of sp³-hybridized carbons (Fsp3) is 0.583. The third kappa shape index (κ3) is 1.53. The predicted octanol–water partition coefficient (Wildman–Crippen LogP) is 1.75. The van der Waals surface area contributed by atoms with E-state index >= 15 is 0 Å². The average Bonchev–Trinajstić information content (AvgIpc) is 2.97. The van der Waals surface area contributed by atoms with Crippen molar-refractivity contribution in [2.45, 2.75) is 38.1 Å². The monoisotopic (exact) mass is 223 g/mol. The van der Waals surface area contributed by atoms with Crippen molar-refractivity contribution in [1.29, 1.82) is 0 Å². The lowest BCUT2D eigenvalue weighted by Crippen LogP contribution is -2.31. The highest BCUT2D eigenvalue weighted by atomic mass is 16.5. The second kappa shape index (κ2) is 3.63. The summed E-state index contributed by atoms with van der Waals surface area (Å²) >= 11 is 0. The van der Waals surface area contributed by atoms with Crippen LogP contribution in [0.2, 0.25) is 0 Å². The summed E-state index contributed by atoms with van der Waals surface area (Å²) in [6, 6.07) is 1.82. The first-order valence-corrected chi connectivity index (χ1v) is 5.46. The summed E-state index contributed by atoms with van der Waals surface area (Å²) in [5, 5.41) is 0. The first-order valence-electron chi connectivity index (χ1n) is 5.46. The summed E-state index contributed by atoms with van der Waals surface area (Å²) in [7, 11) is 1.37. The fourth-order valence-electron chi connectivity index (χ4n) is 2.10. The minimum Gasteiger partial charge on any atom is -0.465 e. The molecule has 4 nitrogen and oxygen atoms in total. The third-order valence-electron chi connectivity index (χ3n) is 3.47. The lowest BCUT2D eigenvalue weighted by Gasteiger charge is -2.16. The highest BCUT2D eigenvalue weighted by Gasteiger charge is 2.50. The van der Waals surface area contributed by atoms with Crippen LogP contribution in [-0.4, -0.2) is 19.1 Å². The maximum atomic E-state index is 11.5. The third-order valence-corrected chi connectivity index (χ3v) is 3.47. The number of hydrogen-bond acceptors (Lipinski definition) is 4. The molecule has 4 heteroatoms. The van der Waals surface area contributed by atoms with Crippen molar-refractivity contribution in [1.82, 2.24) is 0 Å². The minimum absolute atomic E-state index is 0.0450. The van der Waals surface area contributed by atoms with Gasteiger partial charge in [-0.15, -0.1) is 0 Å². The summed E-state index contributed by atoms with van der Waals surface area (Å²) in [4.78, 5) is 11.5. The van der Waals surface area contributed by atoms with Gasteiger partial charge in [-0.1, -0.05) is 0 Å². The number of ether oxygens (including phenoxy) is 1. The van der Waals surface area contributed by atoms with E-state index in [4.69, 9.17) is 14.9 Å². The Labute approximate surface area is 94.8 Å². The number of furan rings is 1. The van der Waals surface area contributed by atoms with Crippen molar-refractivity contribution in [2.75, 3.05) is 7.11 Å². The zero-order valence-corrected chi connectivity index (χ0v) is 9.87. The summed E-state index contributed by atoms with van der Waals surface area (Å²) in [6.07, 6.45) is 2.05. The molecule has 0 spiro atoms. The van der Waals surface area contributed by atoms with E-state index in [1.807, 2.05) is 6.92 Å². The maximum Gasteiger partial charge on any atom is 0.341 e. The second-order valence-corrected chi connectivity index (χ2v) is 4.52. The number of rotatable bonds is 3. The number of aryl methyl sites for hydroxylation is 1. The van der Waals surface area contributed by atoms with Crippen molar-refractivity contribution in [3.05, 3.63) is 23.2 Å². The zero-order valence-electron chi connectivity index (χ0n) is 9.87. The van der Waals surface area contributed by atoms with Crippen LogP contribution in [0.5, 0.6) is 0 Å². The molecule has 1 atom stereocenters. The molecule has 0 aromatic carbocycles. The number of carbonyl (C=O) groups is 1. The number of methoxy groups -OCH3 is 1. The van der Waals surface area contributed by atoms with E-state index in [2.05, 4.69) is 0 Å². The summed E-state index contributed by atoms with van der Waals surface area (Å²) < 4.78 is 10.3. The van der Waals surface area contributed by atoms with E-state index in [0.29, 0.717) is 11.3 Å². The first-order chi connectivity index (χ1) is 7.51. The molecule has 1 fully saturated rings. The van der Waals surface area contributed by atoms with Gasteiger partial charge in [0.05, 0.1) is 7.11 Å². The number of hydrogen-bond donors (Lipinski definition) is 1. The topological polar surface area (TPSA) is 65.5 Å². The van der Waals surface area contributed by atoms with Crippen LogP contribution in [0.15, 0.2) is 10.5 Å². The van der Waals surface area contributed by atoms with Gasteiger partial charge in [-0.05, 0) is 32.8 Å². The van der Waals surface area contributed by atoms with Gasteiger partial charge in [0.15, 0.2) is 0 Å². The second-order valence-electron chi connectivity index (χ2n) is 4.52. The molecule has 0 radical (unpaired) electrons. The minimum atomic E-state index is -0.354. The maximum absolute atomic E-state index is 11.5. The molecule has 2 N–H and O–H groups in total. The number of nitrogens with two attached hydrogens (primary N) is 1. The molecule has 0 amide bonds. The highest BCUT2D eigenvalue weighted by Crippen LogP contribution is 2.51. The van der Waals surface area contributed by atoms with Crippen molar-refractivity contribution in [3.8, 4) is 0 Å². The Bertz CT molecular complexity index is 416. The van der Waals surface area contributed by atoms with Crippen LogP contribution in [0, 0.1) is 6.92 Å². The van der Waals surface area contributed by atoms with Gasteiger partial charge in [-0.2, -0.15) is 0 Å². The molecule has 88 valence electrons. The highest BCUT2D eigenvalue weighted by molar-refractivity contribution is 5.90. The number of carbonyl (C=O) groups excluding carboxylic acids is 1. The van der Waals surface area contributed by atoms with Gasteiger partial charge in [0.2, 0.25) is 0 Å². The largest absolute Gasteiger partial charge is 0.465 e. The molecule has 1 aromatic rings. The molecule has 0 saturated heterocycles. The Kier molecular flexibility index (Phi) is 2.54. The molecular weight excluding hydrogens is 206 g/mol. The Morgan fingerprint density at radius 3 is 2.69 bits per heavy atom. The molecule has 2 rings (SSSR count). The molecule has 1 aliphatic carbocycles. The lowest BCUT2D eigenvalue weighted by atomic mass is 9.95. The smallest absolute Gasteiger partial charge is 0.341 e. The standard InChI is InChI=1S/C12H17NO3/c1-7-9(11(14)15-3)6-10(16-7)12(4-5-12)8(2)13/h6,8H,4-5,13H2,1-3H3. The van der Waals surface area contributed by atoms with Gasteiger partial charge >= 0.3 is 5.97 Å². The van der Waals surface area contributed by atoms with Gasteiger partial charge < -0.3 is 14.9 Å². The van der Waals surface area contributed by atoms with Crippen LogP contribution >= 0.6 is 0 Å². The van der Waals surface area contributed by atoms with E-state index < -0.39 is 0 Å². The van der Waals surface area contributed by atoms with E-state index in [0.717, 1.165) is 18.6 Å². The van der Waals surface area contributed by atoms with E-state index in [1.165, 1.54) is 7.11 Å². The summed E-state index contributed by atoms with van der Waals surface area (Å²) in [6.45, 7) is 3.75. The average molecular weight is 223 g/mol.